The van der Waals surface area contributed by atoms with E-state index in [0.29, 0.717) is 13.2 Å². The summed E-state index contributed by atoms with van der Waals surface area (Å²) in [6.45, 7) is 2.89. The van der Waals surface area contributed by atoms with E-state index in [0.717, 1.165) is 11.4 Å². The van der Waals surface area contributed by atoms with Crippen molar-refractivity contribution in [3.05, 3.63) is 24.3 Å². The number of sulfone groups is 1. The van der Waals surface area contributed by atoms with Crippen LogP contribution in [-0.2, 0) is 9.84 Å². The Kier molecular flexibility index (Phi) is 4.61. The van der Waals surface area contributed by atoms with E-state index >= 15 is 0 Å². The van der Waals surface area contributed by atoms with Crippen molar-refractivity contribution < 1.29 is 13.2 Å². The maximum Gasteiger partial charge on any atom is 0.149 e. The van der Waals surface area contributed by atoms with Gasteiger partial charge in [-0.2, -0.15) is 0 Å². The molecule has 0 spiro atoms. The average Bonchev–Trinajstić information content (AvgIpc) is 2.19. The summed E-state index contributed by atoms with van der Waals surface area (Å²) in [4.78, 5) is 0. The zero-order valence-electron chi connectivity index (χ0n) is 9.56. The fourth-order valence-electron chi connectivity index (χ4n) is 1.27. The number of anilines is 1. The smallest absolute Gasteiger partial charge is 0.149 e. The molecule has 1 aromatic carbocycles. The van der Waals surface area contributed by atoms with Gasteiger partial charge < -0.3 is 10.1 Å². The molecule has 0 atom stereocenters. The molecule has 0 saturated heterocycles. The number of ether oxygens (including phenoxy) is 1. The minimum absolute atomic E-state index is 0.119. The van der Waals surface area contributed by atoms with Gasteiger partial charge in [-0.25, -0.2) is 8.42 Å². The lowest BCUT2D eigenvalue weighted by Gasteiger charge is -2.11. The fraction of sp³-hybridized carbons (Fsp3) is 0.455. The molecule has 0 aliphatic rings. The highest BCUT2D eigenvalue weighted by Gasteiger charge is 2.04. The molecular formula is C11H17NO3S. The number of nitrogens with one attached hydrogen (secondary N) is 1. The molecule has 0 radical (unpaired) electrons. The summed E-state index contributed by atoms with van der Waals surface area (Å²) < 4.78 is 27.3. The van der Waals surface area contributed by atoms with Gasteiger partial charge in [0.25, 0.3) is 0 Å². The van der Waals surface area contributed by atoms with E-state index in [1.165, 1.54) is 6.26 Å². The van der Waals surface area contributed by atoms with Gasteiger partial charge in [-0.1, -0.05) is 12.1 Å². The molecule has 1 rings (SSSR count). The Bertz CT molecular complexity index is 429. The van der Waals surface area contributed by atoms with Crippen LogP contribution in [0.2, 0.25) is 0 Å². The minimum Gasteiger partial charge on any atom is -0.492 e. The maximum absolute atomic E-state index is 11.0. The molecule has 0 saturated carbocycles. The molecule has 1 N–H and O–H groups in total. The second-order valence-corrected chi connectivity index (χ2v) is 5.75. The van der Waals surface area contributed by atoms with Crippen molar-refractivity contribution in [2.24, 2.45) is 0 Å². The van der Waals surface area contributed by atoms with Gasteiger partial charge in [0, 0.05) is 12.8 Å². The molecule has 0 fully saturated rings. The third-order valence-electron chi connectivity index (χ3n) is 1.98. The summed E-state index contributed by atoms with van der Waals surface area (Å²) in [7, 11) is -2.92. The van der Waals surface area contributed by atoms with Gasteiger partial charge in [-0.05, 0) is 19.1 Å². The number of rotatable bonds is 6. The molecular weight excluding hydrogens is 226 g/mol. The van der Waals surface area contributed by atoms with Crippen molar-refractivity contribution in [1.29, 1.82) is 0 Å². The zero-order valence-corrected chi connectivity index (χ0v) is 10.4. The standard InChI is InChI=1S/C11H17NO3S/c1-3-15-11-7-5-4-6-10(11)12-8-9-16(2,13)14/h4-7,12H,3,8-9H2,1-2H3. The Labute approximate surface area is 96.5 Å². The molecule has 0 bridgehead atoms. The molecule has 5 heteroatoms. The highest BCUT2D eigenvalue weighted by Crippen LogP contribution is 2.23. The van der Waals surface area contributed by atoms with Crippen LogP contribution < -0.4 is 10.1 Å². The summed E-state index contributed by atoms with van der Waals surface area (Å²) >= 11 is 0. The first-order chi connectivity index (χ1) is 7.53. The molecule has 16 heavy (non-hydrogen) atoms. The highest BCUT2D eigenvalue weighted by molar-refractivity contribution is 7.90. The number of para-hydroxylation sites is 2. The molecule has 0 heterocycles. The van der Waals surface area contributed by atoms with Gasteiger partial charge in [0.15, 0.2) is 0 Å². The number of benzene rings is 1. The molecule has 90 valence electrons. The van der Waals surface area contributed by atoms with E-state index in [9.17, 15) is 8.42 Å². The SMILES string of the molecule is CCOc1ccccc1NCCS(C)(=O)=O. The molecule has 1 aromatic rings. The third-order valence-corrected chi connectivity index (χ3v) is 2.92. The van der Waals surface area contributed by atoms with E-state index in [1.54, 1.807) is 0 Å². The third kappa shape index (κ3) is 4.53. The van der Waals surface area contributed by atoms with Gasteiger partial charge in [-0.15, -0.1) is 0 Å². The van der Waals surface area contributed by atoms with E-state index in [4.69, 9.17) is 4.74 Å². The molecule has 4 nitrogen and oxygen atoms in total. The van der Waals surface area contributed by atoms with Crippen LogP contribution in [0.4, 0.5) is 5.69 Å². The van der Waals surface area contributed by atoms with Gasteiger partial charge >= 0.3 is 0 Å². The summed E-state index contributed by atoms with van der Waals surface area (Å²) in [6, 6.07) is 7.48. The van der Waals surface area contributed by atoms with E-state index < -0.39 is 9.84 Å². The quantitative estimate of drug-likeness (QED) is 0.823. The topological polar surface area (TPSA) is 55.4 Å². The van der Waals surface area contributed by atoms with Crippen molar-refractivity contribution in [3.8, 4) is 5.75 Å². The summed E-state index contributed by atoms with van der Waals surface area (Å²) in [5, 5.41) is 3.05. The van der Waals surface area contributed by atoms with Crippen LogP contribution in [0.15, 0.2) is 24.3 Å². The molecule has 0 aliphatic carbocycles. The monoisotopic (exact) mass is 243 g/mol. The Balaban J connectivity index is 2.59. The number of hydrogen-bond acceptors (Lipinski definition) is 4. The lowest BCUT2D eigenvalue weighted by molar-refractivity contribution is 0.342. The van der Waals surface area contributed by atoms with Gasteiger partial charge in [0.05, 0.1) is 18.0 Å². The van der Waals surface area contributed by atoms with Crippen LogP contribution >= 0.6 is 0 Å². The highest BCUT2D eigenvalue weighted by atomic mass is 32.2. The summed E-state index contributed by atoms with van der Waals surface area (Å²) in [5.74, 6) is 0.867. The van der Waals surface area contributed by atoms with Crippen molar-refractivity contribution in [1.82, 2.24) is 0 Å². The van der Waals surface area contributed by atoms with Gasteiger partial charge in [-0.3, -0.25) is 0 Å². The van der Waals surface area contributed by atoms with Crippen LogP contribution in [0.25, 0.3) is 0 Å². The van der Waals surface area contributed by atoms with Crippen molar-refractivity contribution >= 4 is 15.5 Å². The van der Waals surface area contributed by atoms with Gasteiger partial charge in [0.1, 0.15) is 15.6 Å². The van der Waals surface area contributed by atoms with Crippen LogP contribution in [-0.4, -0.2) is 33.6 Å². The summed E-state index contributed by atoms with van der Waals surface area (Å²) in [5.41, 5.74) is 0.827. The summed E-state index contributed by atoms with van der Waals surface area (Å²) in [6.07, 6.45) is 1.23. The van der Waals surface area contributed by atoms with Crippen molar-refractivity contribution in [3.63, 3.8) is 0 Å². The van der Waals surface area contributed by atoms with Crippen molar-refractivity contribution in [2.45, 2.75) is 6.92 Å². The van der Waals surface area contributed by atoms with Crippen LogP contribution in [0.5, 0.6) is 5.75 Å². The lowest BCUT2D eigenvalue weighted by Crippen LogP contribution is -2.14. The van der Waals surface area contributed by atoms with Crippen LogP contribution in [0.3, 0.4) is 0 Å². The number of hydrogen-bond donors (Lipinski definition) is 1. The molecule has 0 unspecified atom stereocenters. The first-order valence-electron chi connectivity index (χ1n) is 5.16. The average molecular weight is 243 g/mol. The Morgan fingerprint density at radius 1 is 1.31 bits per heavy atom. The maximum atomic E-state index is 11.0. The normalized spacial score (nSPS) is 11.1. The Morgan fingerprint density at radius 2 is 2.00 bits per heavy atom. The van der Waals surface area contributed by atoms with Crippen molar-refractivity contribution in [2.75, 3.05) is 30.5 Å². The van der Waals surface area contributed by atoms with Crippen LogP contribution in [0, 0.1) is 0 Å². The zero-order chi connectivity index (χ0) is 12.0. The molecule has 0 amide bonds. The molecule has 0 aromatic heterocycles. The fourth-order valence-corrected chi connectivity index (χ4v) is 1.74. The predicted molar refractivity (Wildman–Crippen MR) is 65.8 cm³/mol. The lowest BCUT2D eigenvalue weighted by atomic mass is 10.3. The molecule has 0 aliphatic heterocycles. The van der Waals surface area contributed by atoms with E-state index in [2.05, 4.69) is 5.32 Å². The second-order valence-electron chi connectivity index (χ2n) is 3.49. The minimum atomic E-state index is -2.92. The van der Waals surface area contributed by atoms with Crippen LogP contribution in [0.1, 0.15) is 6.92 Å². The van der Waals surface area contributed by atoms with E-state index in [-0.39, 0.29) is 5.75 Å². The first-order valence-corrected chi connectivity index (χ1v) is 7.22. The largest absolute Gasteiger partial charge is 0.492 e. The van der Waals surface area contributed by atoms with Gasteiger partial charge in [0.2, 0.25) is 0 Å². The Hall–Kier alpha value is -1.23. The Morgan fingerprint density at radius 3 is 2.62 bits per heavy atom. The first kappa shape index (κ1) is 12.8. The van der Waals surface area contributed by atoms with E-state index in [1.807, 2.05) is 31.2 Å². The predicted octanol–water partition coefficient (Wildman–Crippen LogP) is 1.54. The second kappa shape index (κ2) is 5.75.